The lowest BCUT2D eigenvalue weighted by atomic mass is 10.1. The van der Waals surface area contributed by atoms with Gasteiger partial charge in [0.15, 0.2) is 5.78 Å². The number of aliphatic carboxylic acids is 1. The van der Waals surface area contributed by atoms with Gasteiger partial charge in [-0.05, 0) is 19.9 Å². The maximum absolute atomic E-state index is 10.5. The van der Waals surface area contributed by atoms with Crippen LogP contribution in [-0.2, 0) is 14.4 Å². The van der Waals surface area contributed by atoms with Crippen molar-refractivity contribution in [3.05, 3.63) is 11.6 Å². The molecule has 0 fully saturated rings. The van der Waals surface area contributed by atoms with Crippen LogP contribution in [0.25, 0.3) is 0 Å². The second-order valence-electron chi connectivity index (χ2n) is 2.46. The summed E-state index contributed by atoms with van der Waals surface area (Å²) in [6.45, 7) is 2.51. The first kappa shape index (κ1) is 10.6. The zero-order valence-electron chi connectivity index (χ0n) is 6.96. The van der Waals surface area contributed by atoms with Crippen molar-refractivity contribution in [2.24, 2.45) is 0 Å². The van der Waals surface area contributed by atoms with Crippen LogP contribution < -0.4 is 0 Å². The average molecular weight is 170 g/mol. The molecule has 0 rings (SSSR count). The molecular weight excluding hydrogens is 160 g/mol. The smallest absolute Gasteiger partial charge is 0.332 e. The van der Waals surface area contributed by atoms with Crippen LogP contribution in [0.5, 0.6) is 0 Å². The Morgan fingerprint density at radius 2 is 1.75 bits per heavy atom. The zero-order valence-corrected chi connectivity index (χ0v) is 6.96. The van der Waals surface area contributed by atoms with Crippen LogP contribution in [0.3, 0.4) is 0 Å². The van der Waals surface area contributed by atoms with E-state index in [1.165, 1.54) is 13.8 Å². The van der Waals surface area contributed by atoms with Gasteiger partial charge in [0.05, 0.1) is 0 Å². The first-order chi connectivity index (χ1) is 5.43. The first-order valence-corrected chi connectivity index (χ1v) is 3.37. The molecule has 0 heterocycles. The summed E-state index contributed by atoms with van der Waals surface area (Å²) in [4.78, 5) is 31.4. The van der Waals surface area contributed by atoms with Crippen LogP contribution in [0.4, 0.5) is 0 Å². The van der Waals surface area contributed by atoms with E-state index in [9.17, 15) is 14.4 Å². The van der Waals surface area contributed by atoms with Crippen molar-refractivity contribution < 1.29 is 19.5 Å². The summed E-state index contributed by atoms with van der Waals surface area (Å²) in [5.74, 6) is -1.86. The fraction of sp³-hybridized carbons (Fsp3) is 0.375. The van der Waals surface area contributed by atoms with Gasteiger partial charge in [-0.1, -0.05) is 0 Å². The normalized spacial score (nSPS) is 11.0. The largest absolute Gasteiger partial charge is 0.478 e. The lowest BCUT2D eigenvalue weighted by Crippen LogP contribution is -2.06. The minimum absolute atomic E-state index is 0.157. The minimum atomic E-state index is -1.22. The van der Waals surface area contributed by atoms with E-state index in [1.807, 2.05) is 0 Å². The summed E-state index contributed by atoms with van der Waals surface area (Å²) in [5, 5.41) is 8.50. The molecular formula is C8H10O4. The van der Waals surface area contributed by atoms with Gasteiger partial charge in [0.1, 0.15) is 5.78 Å². The number of carbonyl (C=O) groups is 3. The predicted molar refractivity (Wildman–Crippen MR) is 41.7 cm³/mol. The third kappa shape index (κ3) is 4.38. The molecule has 4 heteroatoms. The molecule has 66 valence electrons. The molecule has 0 radical (unpaired) electrons. The quantitative estimate of drug-likeness (QED) is 0.626. The van der Waals surface area contributed by atoms with Gasteiger partial charge >= 0.3 is 5.97 Å². The lowest BCUT2D eigenvalue weighted by Gasteiger charge is -1.96. The minimum Gasteiger partial charge on any atom is -0.478 e. The van der Waals surface area contributed by atoms with E-state index >= 15 is 0 Å². The van der Waals surface area contributed by atoms with Crippen LogP contribution in [0, 0.1) is 0 Å². The second kappa shape index (κ2) is 4.43. The Hall–Kier alpha value is -1.45. The summed E-state index contributed by atoms with van der Waals surface area (Å²) in [5.41, 5.74) is -0.157. The van der Waals surface area contributed by atoms with E-state index < -0.39 is 5.97 Å². The van der Waals surface area contributed by atoms with E-state index in [0.717, 1.165) is 6.08 Å². The van der Waals surface area contributed by atoms with E-state index in [-0.39, 0.29) is 23.6 Å². The van der Waals surface area contributed by atoms with Gasteiger partial charge in [0.2, 0.25) is 0 Å². The van der Waals surface area contributed by atoms with Crippen molar-refractivity contribution in [1.29, 1.82) is 0 Å². The van der Waals surface area contributed by atoms with E-state index in [4.69, 9.17) is 5.11 Å². The molecule has 0 amide bonds. The number of allylic oxidation sites excluding steroid dienone is 1. The maximum Gasteiger partial charge on any atom is 0.332 e. The number of carbonyl (C=O) groups excluding carboxylic acids is 2. The molecule has 1 N–H and O–H groups in total. The standard InChI is InChI=1S/C8H10O4/c1-5(9)3-7(8(11)12)4-6(2)10/h3H,4H2,1-2H3,(H,11,12)/b7-3-. The Bertz CT molecular complexity index is 250. The van der Waals surface area contributed by atoms with Crippen molar-refractivity contribution in [2.45, 2.75) is 20.3 Å². The van der Waals surface area contributed by atoms with E-state index in [1.54, 1.807) is 0 Å². The van der Waals surface area contributed by atoms with E-state index in [0.29, 0.717) is 0 Å². The van der Waals surface area contributed by atoms with Crippen molar-refractivity contribution in [1.82, 2.24) is 0 Å². The van der Waals surface area contributed by atoms with Gasteiger partial charge in [-0.2, -0.15) is 0 Å². The Morgan fingerprint density at radius 3 is 2.00 bits per heavy atom. The maximum atomic E-state index is 10.5. The molecule has 0 saturated carbocycles. The molecule has 0 spiro atoms. The van der Waals surface area contributed by atoms with E-state index in [2.05, 4.69) is 0 Å². The van der Waals surface area contributed by atoms with Crippen molar-refractivity contribution >= 4 is 17.5 Å². The number of hydrogen-bond donors (Lipinski definition) is 1. The molecule has 4 nitrogen and oxygen atoms in total. The molecule has 0 bridgehead atoms. The monoisotopic (exact) mass is 170 g/mol. The van der Waals surface area contributed by atoms with Gasteiger partial charge in [0, 0.05) is 12.0 Å². The van der Waals surface area contributed by atoms with Crippen LogP contribution in [0.1, 0.15) is 20.3 Å². The number of carboxylic acids is 1. The SMILES string of the molecule is CC(=O)/C=C(/CC(C)=O)C(=O)O. The second-order valence-corrected chi connectivity index (χ2v) is 2.46. The number of Topliss-reactive ketones (excluding diaryl/α,β-unsaturated/α-hetero) is 1. The summed E-state index contributed by atoms with van der Waals surface area (Å²) in [6.07, 6.45) is 0.763. The summed E-state index contributed by atoms with van der Waals surface area (Å²) in [6, 6.07) is 0. The molecule has 0 aromatic rings. The third-order valence-electron chi connectivity index (χ3n) is 1.09. The predicted octanol–water partition coefficient (Wildman–Crippen LogP) is 0.565. The first-order valence-electron chi connectivity index (χ1n) is 3.37. The molecule has 0 aliphatic rings. The summed E-state index contributed by atoms with van der Waals surface area (Å²) >= 11 is 0. The van der Waals surface area contributed by atoms with Crippen molar-refractivity contribution in [2.75, 3.05) is 0 Å². The Morgan fingerprint density at radius 1 is 1.25 bits per heavy atom. The van der Waals surface area contributed by atoms with Gasteiger partial charge in [0.25, 0.3) is 0 Å². The van der Waals surface area contributed by atoms with Crippen LogP contribution >= 0.6 is 0 Å². The highest BCUT2D eigenvalue weighted by atomic mass is 16.4. The number of rotatable bonds is 4. The molecule has 0 unspecified atom stereocenters. The summed E-state index contributed by atoms with van der Waals surface area (Å²) in [7, 11) is 0. The van der Waals surface area contributed by atoms with Crippen LogP contribution in [-0.4, -0.2) is 22.6 Å². The molecule has 0 aromatic carbocycles. The molecule has 0 saturated heterocycles. The van der Waals surface area contributed by atoms with Gasteiger partial charge in [-0.15, -0.1) is 0 Å². The van der Waals surface area contributed by atoms with Crippen molar-refractivity contribution in [3.63, 3.8) is 0 Å². The average Bonchev–Trinajstić information content (AvgIpc) is 1.83. The zero-order chi connectivity index (χ0) is 9.72. The molecule has 0 aromatic heterocycles. The van der Waals surface area contributed by atoms with Gasteiger partial charge < -0.3 is 5.11 Å². The molecule has 0 aliphatic heterocycles. The topological polar surface area (TPSA) is 71.4 Å². The lowest BCUT2D eigenvalue weighted by molar-refractivity contribution is -0.134. The Labute approximate surface area is 69.9 Å². The van der Waals surface area contributed by atoms with Crippen LogP contribution in [0.2, 0.25) is 0 Å². The highest BCUT2D eigenvalue weighted by Crippen LogP contribution is 2.02. The summed E-state index contributed by atoms with van der Waals surface area (Å²) < 4.78 is 0. The van der Waals surface area contributed by atoms with Crippen molar-refractivity contribution in [3.8, 4) is 0 Å². The highest BCUT2D eigenvalue weighted by Gasteiger charge is 2.10. The number of hydrogen-bond acceptors (Lipinski definition) is 3. The van der Waals surface area contributed by atoms with Gasteiger partial charge in [-0.25, -0.2) is 4.79 Å². The third-order valence-corrected chi connectivity index (χ3v) is 1.09. The number of ketones is 2. The number of carboxylic acid groups (broad SMARTS) is 1. The molecule has 0 atom stereocenters. The Kier molecular flexibility index (Phi) is 3.90. The fourth-order valence-corrected chi connectivity index (χ4v) is 0.702. The molecule has 12 heavy (non-hydrogen) atoms. The molecule has 0 aliphatic carbocycles. The van der Waals surface area contributed by atoms with Gasteiger partial charge in [-0.3, -0.25) is 9.59 Å². The fourth-order valence-electron chi connectivity index (χ4n) is 0.702. The van der Waals surface area contributed by atoms with Crippen LogP contribution in [0.15, 0.2) is 11.6 Å². The highest BCUT2D eigenvalue weighted by molar-refractivity contribution is 6.01. The Balaban J connectivity index is 4.55.